The number of amides is 1. The maximum absolute atomic E-state index is 12.3. The molecule has 6 nitrogen and oxygen atoms in total. The van der Waals surface area contributed by atoms with E-state index in [2.05, 4.69) is 5.32 Å². The first-order chi connectivity index (χ1) is 12.6. The van der Waals surface area contributed by atoms with Crippen LogP contribution >= 0.6 is 34.8 Å². The predicted molar refractivity (Wildman–Crippen MR) is 108 cm³/mol. The number of methoxy groups -OCH3 is 1. The number of carbonyl (C=O) groups excluding carboxylic acids is 1. The van der Waals surface area contributed by atoms with Gasteiger partial charge in [0.15, 0.2) is 0 Å². The van der Waals surface area contributed by atoms with E-state index in [9.17, 15) is 13.2 Å². The van der Waals surface area contributed by atoms with Crippen molar-refractivity contribution in [3.05, 3.63) is 57.0 Å². The molecule has 0 bridgehead atoms. The lowest BCUT2D eigenvalue weighted by molar-refractivity contribution is -0.116. The van der Waals surface area contributed by atoms with Gasteiger partial charge in [-0.2, -0.15) is 4.31 Å². The predicted octanol–water partition coefficient (Wildman–Crippen LogP) is 4.06. The lowest BCUT2D eigenvalue weighted by Crippen LogP contribution is -2.36. The number of nitrogens with zero attached hydrogens (tertiary/aromatic N) is 1. The van der Waals surface area contributed by atoms with E-state index in [0.29, 0.717) is 32.1 Å². The summed E-state index contributed by atoms with van der Waals surface area (Å²) in [5, 5.41) is 3.60. The Hall–Kier alpha value is -1.51. The number of sulfonamides is 1. The summed E-state index contributed by atoms with van der Waals surface area (Å²) in [4.78, 5) is 12.3. The van der Waals surface area contributed by atoms with Gasteiger partial charge in [0.05, 0.1) is 35.0 Å². The Morgan fingerprint density at radius 3 is 2.33 bits per heavy atom. The quantitative estimate of drug-likeness (QED) is 0.689. The average molecular weight is 452 g/mol. The van der Waals surface area contributed by atoms with Crippen molar-refractivity contribution in [1.82, 2.24) is 4.31 Å². The molecule has 0 aliphatic heterocycles. The highest BCUT2D eigenvalue weighted by atomic mass is 35.5. The van der Waals surface area contributed by atoms with E-state index in [0.717, 1.165) is 10.6 Å². The largest absolute Gasteiger partial charge is 0.495 e. The molecule has 0 aliphatic carbocycles. The van der Waals surface area contributed by atoms with Crippen LogP contribution in [0.3, 0.4) is 0 Å². The molecule has 2 aromatic carbocycles. The second-order valence-corrected chi connectivity index (χ2v) is 8.88. The highest BCUT2D eigenvalue weighted by molar-refractivity contribution is 7.88. The number of anilines is 1. The Bertz CT molecular complexity index is 951. The molecule has 0 saturated heterocycles. The summed E-state index contributed by atoms with van der Waals surface area (Å²) in [5.74, 6) is -0.0474. The van der Waals surface area contributed by atoms with Gasteiger partial charge < -0.3 is 10.1 Å². The summed E-state index contributed by atoms with van der Waals surface area (Å²) < 4.78 is 30.2. The number of rotatable bonds is 7. The van der Waals surface area contributed by atoms with Crippen LogP contribution in [0.4, 0.5) is 5.69 Å². The second-order valence-electron chi connectivity index (χ2n) is 5.68. The van der Waals surface area contributed by atoms with E-state index in [4.69, 9.17) is 39.5 Å². The third kappa shape index (κ3) is 6.26. The van der Waals surface area contributed by atoms with Gasteiger partial charge in [-0.3, -0.25) is 4.79 Å². The maximum atomic E-state index is 12.3. The summed E-state index contributed by atoms with van der Waals surface area (Å²) in [6.07, 6.45) is 1.03. The van der Waals surface area contributed by atoms with Crippen LogP contribution in [-0.2, 0) is 21.4 Å². The van der Waals surface area contributed by atoms with Crippen LogP contribution in [0.2, 0.25) is 15.1 Å². The monoisotopic (exact) mass is 450 g/mol. The number of ether oxygens (including phenoxy) is 1. The zero-order valence-electron chi connectivity index (χ0n) is 14.5. The van der Waals surface area contributed by atoms with Crippen molar-refractivity contribution in [2.75, 3.05) is 25.2 Å². The molecule has 0 saturated carbocycles. The molecule has 27 heavy (non-hydrogen) atoms. The normalized spacial score (nSPS) is 11.5. The van der Waals surface area contributed by atoms with E-state index in [1.54, 1.807) is 30.3 Å². The van der Waals surface area contributed by atoms with Gasteiger partial charge in [0.25, 0.3) is 0 Å². The molecule has 0 aliphatic rings. The number of hydrogen-bond acceptors (Lipinski definition) is 4. The van der Waals surface area contributed by atoms with Crippen LogP contribution in [0.25, 0.3) is 0 Å². The fourth-order valence-electron chi connectivity index (χ4n) is 2.24. The topological polar surface area (TPSA) is 75.7 Å². The van der Waals surface area contributed by atoms with Crippen LogP contribution in [0.5, 0.6) is 5.75 Å². The number of carbonyl (C=O) groups is 1. The molecule has 10 heteroatoms. The van der Waals surface area contributed by atoms with Gasteiger partial charge in [-0.1, -0.05) is 40.9 Å². The van der Waals surface area contributed by atoms with Crippen LogP contribution in [-0.4, -0.2) is 38.5 Å². The molecule has 1 amide bonds. The molecule has 0 fully saturated rings. The first-order valence-corrected chi connectivity index (χ1v) is 10.6. The molecule has 2 aromatic rings. The minimum atomic E-state index is -3.64. The average Bonchev–Trinajstić information content (AvgIpc) is 2.57. The van der Waals surface area contributed by atoms with Crippen LogP contribution in [0.1, 0.15) is 5.56 Å². The van der Waals surface area contributed by atoms with Crippen molar-refractivity contribution in [2.45, 2.75) is 6.54 Å². The third-order valence-electron chi connectivity index (χ3n) is 3.57. The van der Waals surface area contributed by atoms with Gasteiger partial charge >= 0.3 is 0 Å². The first kappa shape index (κ1) is 21.8. The SMILES string of the molecule is COc1ccc(NC(=O)CN(Cc2ccc(Cl)c(Cl)c2)S(C)(=O)=O)cc1Cl. The van der Waals surface area contributed by atoms with E-state index in [1.807, 2.05) is 0 Å². The Balaban J connectivity index is 2.12. The maximum Gasteiger partial charge on any atom is 0.239 e. The van der Waals surface area contributed by atoms with Gasteiger partial charge in [0.2, 0.25) is 15.9 Å². The minimum absolute atomic E-state index is 0.0213. The molecule has 1 N–H and O–H groups in total. The molecule has 0 spiro atoms. The van der Waals surface area contributed by atoms with Gasteiger partial charge in [-0.25, -0.2) is 8.42 Å². The van der Waals surface area contributed by atoms with E-state index in [-0.39, 0.29) is 13.1 Å². The van der Waals surface area contributed by atoms with Gasteiger partial charge in [-0.15, -0.1) is 0 Å². The summed E-state index contributed by atoms with van der Waals surface area (Å²) in [6, 6.07) is 9.49. The zero-order valence-corrected chi connectivity index (χ0v) is 17.6. The lowest BCUT2D eigenvalue weighted by Gasteiger charge is -2.20. The molecular formula is C17H17Cl3N2O4S. The fraction of sp³-hybridized carbons (Fsp3) is 0.235. The molecule has 146 valence electrons. The Kier molecular flexibility index (Phi) is 7.36. The molecular weight excluding hydrogens is 435 g/mol. The zero-order chi connectivity index (χ0) is 20.2. The Labute approximate surface area is 173 Å². The number of halogens is 3. The van der Waals surface area contributed by atoms with Crippen molar-refractivity contribution in [1.29, 1.82) is 0 Å². The second kappa shape index (κ2) is 9.12. The Morgan fingerprint density at radius 2 is 1.78 bits per heavy atom. The summed E-state index contributed by atoms with van der Waals surface area (Å²) in [5.41, 5.74) is 1.03. The third-order valence-corrected chi connectivity index (χ3v) is 5.80. The summed E-state index contributed by atoms with van der Waals surface area (Å²) >= 11 is 17.9. The van der Waals surface area contributed by atoms with Crippen molar-refractivity contribution < 1.29 is 17.9 Å². The molecule has 0 heterocycles. The smallest absolute Gasteiger partial charge is 0.239 e. The first-order valence-electron chi connectivity index (χ1n) is 7.62. The van der Waals surface area contributed by atoms with E-state index >= 15 is 0 Å². The highest BCUT2D eigenvalue weighted by Crippen LogP contribution is 2.27. The summed E-state index contributed by atoms with van der Waals surface area (Å²) in [7, 11) is -2.16. The van der Waals surface area contributed by atoms with Crippen LogP contribution in [0, 0.1) is 0 Å². The number of hydrogen-bond donors (Lipinski definition) is 1. The number of benzene rings is 2. The molecule has 0 radical (unpaired) electrons. The lowest BCUT2D eigenvalue weighted by atomic mass is 10.2. The van der Waals surface area contributed by atoms with Crippen molar-refractivity contribution in [3.8, 4) is 5.75 Å². The van der Waals surface area contributed by atoms with Crippen LogP contribution in [0.15, 0.2) is 36.4 Å². The van der Waals surface area contributed by atoms with Crippen molar-refractivity contribution in [2.24, 2.45) is 0 Å². The fourth-order valence-corrected chi connectivity index (χ4v) is 3.55. The molecule has 0 unspecified atom stereocenters. The van der Waals surface area contributed by atoms with Gasteiger partial charge in [0, 0.05) is 12.2 Å². The molecule has 0 atom stereocenters. The number of nitrogens with one attached hydrogen (secondary N) is 1. The summed E-state index contributed by atoms with van der Waals surface area (Å²) in [6.45, 7) is -0.394. The molecule has 2 rings (SSSR count). The van der Waals surface area contributed by atoms with Crippen LogP contribution < -0.4 is 10.1 Å². The van der Waals surface area contributed by atoms with E-state index in [1.165, 1.54) is 13.2 Å². The minimum Gasteiger partial charge on any atom is -0.495 e. The van der Waals surface area contributed by atoms with Gasteiger partial charge in [-0.05, 0) is 35.9 Å². The standard InChI is InChI=1S/C17H17Cl3N2O4S/c1-26-16-6-4-12(8-15(16)20)21-17(23)10-22(27(2,24)25)9-11-3-5-13(18)14(19)7-11/h3-8H,9-10H2,1-2H3,(H,21,23). The molecule has 0 aromatic heterocycles. The van der Waals surface area contributed by atoms with Crippen molar-refractivity contribution in [3.63, 3.8) is 0 Å². The Morgan fingerprint density at radius 1 is 1.07 bits per heavy atom. The van der Waals surface area contributed by atoms with E-state index < -0.39 is 15.9 Å². The van der Waals surface area contributed by atoms with Gasteiger partial charge in [0.1, 0.15) is 5.75 Å². The highest BCUT2D eigenvalue weighted by Gasteiger charge is 2.21. The van der Waals surface area contributed by atoms with Crippen molar-refractivity contribution >= 4 is 56.4 Å².